The summed E-state index contributed by atoms with van der Waals surface area (Å²) < 4.78 is 1.55. The first-order chi connectivity index (χ1) is 12.1. The highest BCUT2D eigenvalue weighted by molar-refractivity contribution is 5.81. The molecule has 0 fully saturated rings. The molecule has 6 heteroatoms. The zero-order valence-electron chi connectivity index (χ0n) is 14.1. The van der Waals surface area contributed by atoms with Crippen LogP contribution in [-0.2, 0) is 0 Å². The van der Waals surface area contributed by atoms with Crippen LogP contribution in [0.5, 0.6) is 5.75 Å². The average molecular weight is 334 g/mol. The van der Waals surface area contributed by atoms with E-state index < -0.39 is 0 Å². The van der Waals surface area contributed by atoms with Crippen molar-refractivity contribution in [2.45, 2.75) is 13.8 Å². The van der Waals surface area contributed by atoms with Gasteiger partial charge in [-0.05, 0) is 50.2 Å². The highest BCUT2D eigenvalue weighted by Gasteiger charge is 2.17. The van der Waals surface area contributed by atoms with Crippen molar-refractivity contribution in [1.82, 2.24) is 9.55 Å². The Labute approximate surface area is 145 Å². The molecular formula is C19H18N4O2. The van der Waals surface area contributed by atoms with Crippen molar-refractivity contribution < 1.29 is 5.11 Å². The van der Waals surface area contributed by atoms with Crippen molar-refractivity contribution in [3.05, 3.63) is 58.4 Å². The van der Waals surface area contributed by atoms with Crippen LogP contribution in [0, 0.1) is 11.3 Å². The molecule has 0 bridgehead atoms. The summed E-state index contributed by atoms with van der Waals surface area (Å²) in [5, 5.41) is 19.1. The van der Waals surface area contributed by atoms with Gasteiger partial charge >= 0.3 is 0 Å². The first kappa shape index (κ1) is 16.5. The third-order valence-corrected chi connectivity index (χ3v) is 4.14. The van der Waals surface area contributed by atoms with Crippen LogP contribution < -0.4 is 10.5 Å². The largest absolute Gasteiger partial charge is 0.508 e. The average Bonchev–Trinajstić information content (AvgIpc) is 2.63. The van der Waals surface area contributed by atoms with Gasteiger partial charge in [0.1, 0.15) is 5.75 Å². The predicted molar refractivity (Wildman–Crippen MR) is 97.3 cm³/mol. The van der Waals surface area contributed by atoms with Crippen molar-refractivity contribution in [2.24, 2.45) is 0 Å². The van der Waals surface area contributed by atoms with E-state index >= 15 is 0 Å². The van der Waals surface area contributed by atoms with Crippen LogP contribution in [0.4, 0.5) is 5.95 Å². The Morgan fingerprint density at radius 2 is 1.84 bits per heavy atom. The Morgan fingerprint density at radius 1 is 1.16 bits per heavy atom. The third kappa shape index (κ3) is 2.92. The van der Waals surface area contributed by atoms with E-state index in [1.54, 1.807) is 34.9 Å². The van der Waals surface area contributed by atoms with Crippen molar-refractivity contribution >= 4 is 16.9 Å². The number of benzene rings is 2. The van der Waals surface area contributed by atoms with Crippen LogP contribution in [-0.4, -0.2) is 27.7 Å². The number of phenols is 1. The fourth-order valence-corrected chi connectivity index (χ4v) is 2.80. The smallest absolute Gasteiger partial charge is 0.267 e. The van der Waals surface area contributed by atoms with Gasteiger partial charge in [-0.25, -0.2) is 9.55 Å². The number of fused-ring (bicyclic) bond motifs is 1. The van der Waals surface area contributed by atoms with Crippen LogP contribution in [0.2, 0.25) is 0 Å². The summed E-state index contributed by atoms with van der Waals surface area (Å²) in [7, 11) is 0. The van der Waals surface area contributed by atoms with E-state index in [0.717, 1.165) is 0 Å². The highest BCUT2D eigenvalue weighted by atomic mass is 16.3. The van der Waals surface area contributed by atoms with Crippen LogP contribution in [0.1, 0.15) is 19.4 Å². The molecule has 0 spiro atoms. The number of aromatic hydroxyl groups is 1. The van der Waals surface area contributed by atoms with Crippen molar-refractivity contribution in [2.75, 3.05) is 18.0 Å². The van der Waals surface area contributed by atoms with E-state index in [9.17, 15) is 9.90 Å². The molecule has 0 unspecified atom stereocenters. The molecule has 2 aromatic carbocycles. The van der Waals surface area contributed by atoms with Gasteiger partial charge in [-0.15, -0.1) is 0 Å². The molecule has 3 aromatic rings. The topological polar surface area (TPSA) is 82.2 Å². The molecule has 1 heterocycles. The molecule has 3 rings (SSSR count). The monoisotopic (exact) mass is 334 g/mol. The summed E-state index contributed by atoms with van der Waals surface area (Å²) in [6.45, 7) is 5.35. The lowest BCUT2D eigenvalue weighted by atomic mass is 10.2. The second-order valence-corrected chi connectivity index (χ2v) is 5.58. The lowest BCUT2D eigenvalue weighted by Crippen LogP contribution is -2.32. The van der Waals surface area contributed by atoms with E-state index in [2.05, 4.69) is 11.1 Å². The zero-order valence-corrected chi connectivity index (χ0v) is 14.1. The molecule has 6 nitrogen and oxygen atoms in total. The van der Waals surface area contributed by atoms with E-state index in [-0.39, 0.29) is 11.3 Å². The van der Waals surface area contributed by atoms with E-state index in [1.807, 2.05) is 18.7 Å². The second kappa shape index (κ2) is 6.65. The summed E-state index contributed by atoms with van der Waals surface area (Å²) in [6.07, 6.45) is 0. The Kier molecular flexibility index (Phi) is 4.40. The van der Waals surface area contributed by atoms with Gasteiger partial charge in [0.15, 0.2) is 0 Å². The number of phenolic OH excluding ortho intramolecular Hbond substituents is 1. The Hall–Kier alpha value is -3.33. The molecule has 1 N–H and O–H groups in total. The van der Waals surface area contributed by atoms with Gasteiger partial charge < -0.3 is 10.0 Å². The maximum atomic E-state index is 13.1. The second-order valence-electron chi connectivity index (χ2n) is 5.58. The van der Waals surface area contributed by atoms with Gasteiger partial charge in [-0.2, -0.15) is 5.26 Å². The summed E-state index contributed by atoms with van der Waals surface area (Å²) in [4.78, 5) is 19.7. The Bertz CT molecular complexity index is 1010. The Balaban J connectivity index is 2.35. The van der Waals surface area contributed by atoms with Gasteiger partial charge in [0, 0.05) is 19.2 Å². The molecule has 0 saturated carbocycles. The Morgan fingerprint density at radius 3 is 2.44 bits per heavy atom. The number of anilines is 1. The number of rotatable bonds is 4. The van der Waals surface area contributed by atoms with Crippen LogP contribution in [0.3, 0.4) is 0 Å². The quantitative estimate of drug-likeness (QED) is 0.793. The van der Waals surface area contributed by atoms with Crippen molar-refractivity contribution in [3.63, 3.8) is 0 Å². The molecule has 25 heavy (non-hydrogen) atoms. The number of hydrogen-bond donors (Lipinski definition) is 1. The number of nitriles is 1. The SMILES string of the molecule is CCN(CC)c1nc2cc(O)ccc2c(=O)n1-c1ccc(C#N)cc1. The van der Waals surface area contributed by atoms with E-state index in [4.69, 9.17) is 5.26 Å². The van der Waals surface area contributed by atoms with Crippen molar-refractivity contribution in [3.8, 4) is 17.5 Å². The minimum Gasteiger partial charge on any atom is -0.508 e. The summed E-state index contributed by atoms with van der Waals surface area (Å²) in [6, 6.07) is 13.4. The molecule has 0 atom stereocenters. The standard InChI is InChI=1S/C19H18N4O2/c1-3-22(4-2)19-21-17-11-15(24)9-10-16(17)18(25)23(19)14-7-5-13(12-20)6-8-14/h5-11,24H,3-4H2,1-2H3. The van der Waals surface area contributed by atoms with Gasteiger partial charge in [0.05, 0.1) is 28.2 Å². The van der Waals surface area contributed by atoms with Crippen molar-refractivity contribution in [1.29, 1.82) is 5.26 Å². The minimum absolute atomic E-state index is 0.0704. The first-order valence-corrected chi connectivity index (χ1v) is 8.10. The maximum Gasteiger partial charge on any atom is 0.267 e. The summed E-state index contributed by atoms with van der Waals surface area (Å²) in [5.41, 5.74) is 1.42. The highest BCUT2D eigenvalue weighted by Crippen LogP contribution is 2.22. The lowest BCUT2D eigenvalue weighted by Gasteiger charge is -2.24. The normalized spacial score (nSPS) is 10.6. The van der Waals surface area contributed by atoms with Gasteiger partial charge in [-0.1, -0.05) is 0 Å². The van der Waals surface area contributed by atoms with E-state index in [0.29, 0.717) is 41.2 Å². The zero-order chi connectivity index (χ0) is 18.0. The number of nitrogens with zero attached hydrogens (tertiary/aromatic N) is 4. The van der Waals surface area contributed by atoms with Crippen LogP contribution in [0.15, 0.2) is 47.3 Å². The predicted octanol–water partition coefficient (Wildman–Crippen LogP) is 2.81. The number of hydrogen-bond acceptors (Lipinski definition) is 5. The van der Waals surface area contributed by atoms with Gasteiger partial charge in [-0.3, -0.25) is 4.79 Å². The molecular weight excluding hydrogens is 316 g/mol. The van der Waals surface area contributed by atoms with E-state index in [1.165, 1.54) is 12.1 Å². The minimum atomic E-state index is -0.211. The van der Waals surface area contributed by atoms with Crippen LogP contribution >= 0.6 is 0 Å². The molecule has 0 aliphatic heterocycles. The summed E-state index contributed by atoms with van der Waals surface area (Å²) in [5.74, 6) is 0.582. The third-order valence-electron chi connectivity index (χ3n) is 4.14. The molecule has 0 aliphatic carbocycles. The van der Waals surface area contributed by atoms with Crippen LogP contribution in [0.25, 0.3) is 16.6 Å². The molecule has 1 aromatic heterocycles. The lowest BCUT2D eigenvalue weighted by molar-refractivity contribution is 0.476. The number of aromatic nitrogens is 2. The molecule has 126 valence electrons. The molecule has 0 aliphatic rings. The fraction of sp³-hybridized carbons (Fsp3) is 0.211. The fourth-order valence-electron chi connectivity index (χ4n) is 2.80. The van der Waals surface area contributed by atoms with Gasteiger partial charge in [0.25, 0.3) is 5.56 Å². The first-order valence-electron chi connectivity index (χ1n) is 8.10. The molecule has 0 amide bonds. The van der Waals surface area contributed by atoms with Gasteiger partial charge in [0.2, 0.25) is 5.95 Å². The maximum absolute atomic E-state index is 13.1. The summed E-state index contributed by atoms with van der Waals surface area (Å²) >= 11 is 0. The molecule has 0 radical (unpaired) electrons. The molecule has 0 saturated heterocycles.